The molecule has 116 valence electrons. The molecule has 0 unspecified atom stereocenters. The molecule has 0 aliphatic rings. The van der Waals surface area contributed by atoms with Crippen LogP contribution in [0.15, 0.2) is 60.8 Å². The number of nitrogens with zero attached hydrogens (tertiary/aromatic N) is 3. The summed E-state index contributed by atoms with van der Waals surface area (Å²) < 4.78 is 5.61. The van der Waals surface area contributed by atoms with E-state index in [-0.39, 0.29) is 5.91 Å². The van der Waals surface area contributed by atoms with Crippen LogP contribution >= 0.6 is 0 Å². The number of fused-ring (bicyclic) bond motifs is 1. The summed E-state index contributed by atoms with van der Waals surface area (Å²) in [5, 5.41) is 0.916. The number of benzene rings is 1. The molecule has 1 aromatic carbocycles. The summed E-state index contributed by atoms with van der Waals surface area (Å²) in [6.07, 6.45) is 1.67. The van der Waals surface area contributed by atoms with Crippen molar-refractivity contribution in [2.75, 3.05) is 20.2 Å². The minimum absolute atomic E-state index is 0.144. The number of amides is 1. The summed E-state index contributed by atoms with van der Waals surface area (Å²) in [6, 6.07) is 16.9. The van der Waals surface area contributed by atoms with Gasteiger partial charge < -0.3 is 9.64 Å². The van der Waals surface area contributed by atoms with Gasteiger partial charge in [-0.15, -0.1) is 0 Å². The van der Waals surface area contributed by atoms with E-state index in [1.165, 1.54) is 0 Å². The van der Waals surface area contributed by atoms with E-state index >= 15 is 0 Å². The highest BCUT2D eigenvalue weighted by Gasteiger charge is 2.13. The van der Waals surface area contributed by atoms with Gasteiger partial charge in [0.15, 0.2) is 5.65 Å². The molecule has 2 aromatic heterocycles. The minimum Gasteiger partial charge on any atom is -0.492 e. The summed E-state index contributed by atoms with van der Waals surface area (Å²) in [7, 11) is 1.74. The van der Waals surface area contributed by atoms with Crippen molar-refractivity contribution < 1.29 is 9.53 Å². The number of hydrogen-bond acceptors (Lipinski definition) is 4. The van der Waals surface area contributed by atoms with Crippen molar-refractivity contribution in [2.45, 2.75) is 0 Å². The van der Waals surface area contributed by atoms with Gasteiger partial charge in [-0.1, -0.05) is 18.2 Å². The Kier molecular flexibility index (Phi) is 4.47. The van der Waals surface area contributed by atoms with E-state index in [1.54, 1.807) is 24.2 Å². The molecule has 0 saturated heterocycles. The number of para-hydroxylation sites is 1. The van der Waals surface area contributed by atoms with Crippen LogP contribution in [0, 0.1) is 0 Å². The van der Waals surface area contributed by atoms with Crippen LogP contribution in [0.5, 0.6) is 5.75 Å². The van der Waals surface area contributed by atoms with Crippen molar-refractivity contribution in [2.24, 2.45) is 0 Å². The summed E-state index contributed by atoms with van der Waals surface area (Å²) in [5.74, 6) is 0.649. The molecule has 3 aromatic rings. The number of carbonyl (C=O) groups excluding carboxylic acids is 1. The molecule has 2 heterocycles. The lowest BCUT2D eigenvalue weighted by atomic mass is 10.2. The number of likely N-dealkylation sites (N-methyl/N-ethyl adjacent to an activating group) is 1. The third kappa shape index (κ3) is 3.63. The highest BCUT2D eigenvalue weighted by molar-refractivity contribution is 5.94. The molecule has 5 nitrogen and oxygen atoms in total. The monoisotopic (exact) mass is 307 g/mol. The quantitative estimate of drug-likeness (QED) is 0.727. The summed E-state index contributed by atoms with van der Waals surface area (Å²) in [4.78, 5) is 22.5. The maximum absolute atomic E-state index is 12.4. The lowest BCUT2D eigenvalue weighted by Gasteiger charge is -2.17. The zero-order chi connectivity index (χ0) is 16.1. The Bertz CT molecular complexity index is 805. The molecular weight excluding hydrogens is 290 g/mol. The van der Waals surface area contributed by atoms with Crippen LogP contribution in [0.25, 0.3) is 11.0 Å². The Morgan fingerprint density at radius 3 is 2.74 bits per heavy atom. The largest absolute Gasteiger partial charge is 0.492 e. The SMILES string of the molecule is CN(CCOc1ccccc1)C(=O)c1ccc2cccnc2n1. The van der Waals surface area contributed by atoms with Gasteiger partial charge in [-0.3, -0.25) is 4.79 Å². The second-order valence-corrected chi connectivity index (χ2v) is 5.13. The molecule has 0 aliphatic heterocycles. The Morgan fingerprint density at radius 1 is 1.09 bits per heavy atom. The van der Waals surface area contributed by atoms with Gasteiger partial charge >= 0.3 is 0 Å². The molecule has 23 heavy (non-hydrogen) atoms. The highest BCUT2D eigenvalue weighted by atomic mass is 16.5. The fourth-order valence-electron chi connectivity index (χ4n) is 2.19. The van der Waals surface area contributed by atoms with Crippen molar-refractivity contribution in [3.05, 3.63) is 66.5 Å². The molecule has 0 fully saturated rings. The number of aromatic nitrogens is 2. The third-order valence-corrected chi connectivity index (χ3v) is 3.47. The zero-order valence-corrected chi connectivity index (χ0v) is 12.8. The van der Waals surface area contributed by atoms with E-state index in [4.69, 9.17) is 4.74 Å². The maximum atomic E-state index is 12.4. The van der Waals surface area contributed by atoms with Gasteiger partial charge in [-0.05, 0) is 36.4 Å². The van der Waals surface area contributed by atoms with Crippen LogP contribution in [-0.4, -0.2) is 41.0 Å². The van der Waals surface area contributed by atoms with E-state index in [2.05, 4.69) is 9.97 Å². The predicted molar refractivity (Wildman–Crippen MR) is 88.4 cm³/mol. The van der Waals surface area contributed by atoms with Crippen molar-refractivity contribution in [3.8, 4) is 5.75 Å². The predicted octanol–water partition coefficient (Wildman–Crippen LogP) is 2.78. The molecule has 1 amide bonds. The van der Waals surface area contributed by atoms with Gasteiger partial charge in [0.1, 0.15) is 18.1 Å². The Labute approximate surface area is 134 Å². The second kappa shape index (κ2) is 6.87. The molecule has 0 atom stereocenters. The van der Waals surface area contributed by atoms with E-state index in [0.29, 0.717) is 24.5 Å². The Hall–Kier alpha value is -2.95. The molecule has 0 saturated carbocycles. The number of carbonyl (C=O) groups is 1. The van der Waals surface area contributed by atoms with Crippen LogP contribution in [-0.2, 0) is 0 Å². The number of ether oxygens (including phenoxy) is 1. The van der Waals surface area contributed by atoms with Crippen LogP contribution < -0.4 is 4.74 Å². The average Bonchev–Trinajstić information content (AvgIpc) is 2.61. The molecule has 0 bridgehead atoms. The fraction of sp³-hybridized carbons (Fsp3) is 0.167. The number of hydrogen-bond donors (Lipinski definition) is 0. The topological polar surface area (TPSA) is 55.3 Å². The lowest BCUT2D eigenvalue weighted by Crippen LogP contribution is -2.31. The van der Waals surface area contributed by atoms with Crippen LogP contribution in [0.4, 0.5) is 0 Å². The molecule has 0 radical (unpaired) electrons. The van der Waals surface area contributed by atoms with Crippen LogP contribution in [0.1, 0.15) is 10.5 Å². The highest BCUT2D eigenvalue weighted by Crippen LogP contribution is 2.11. The van der Waals surface area contributed by atoms with E-state index in [9.17, 15) is 4.79 Å². The standard InChI is InChI=1S/C18H17N3O2/c1-21(12-13-23-15-7-3-2-4-8-15)18(22)16-10-9-14-6-5-11-19-17(14)20-16/h2-11H,12-13H2,1H3. The summed E-state index contributed by atoms with van der Waals surface area (Å²) in [5.41, 5.74) is 0.964. The molecule has 0 aliphatic carbocycles. The van der Waals surface area contributed by atoms with Crippen molar-refractivity contribution >= 4 is 16.9 Å². The first-order valence-electron chi connectivity index (χ1n) is 7.39. The van der Waals surface area contributed by atoms with Gasteiger partial charge in [0.05, 0.1) is 6.54 Å². The van der Waals surface area contributed by atoms with Gasteiger partial charge in [0.2, 0.25) is 0 Å². The van der Waals surface area contributed by atoms with Crippen molar-refractivity contribution in [1.82, 2.24) is 14.9 Å². The minimum atomic E-state index is -0.144. The molecule has 3 rings (SSSR count). The molecule has 5 heteroatoms. The van der Waals surface area contributed by atoms with Gasteiger partial charge in [0.25, 0.3) is 5.91 Å². The van der Waals surface area contributed by atoms with E-state index in [1.807, 2.05) is 48.5 Å². The van der Waals surface area contributed by atoms with Crippen molar-refractivity contribution in [3.63, 3.8) is 0 Å². The number of pyridine rings is 2. The zero-order valence-electron chi connectivity index (χ0n) is 12.8. The Balaban J connectivity index is 1.61. The Morgan fingerprint density at radius 2 is 1.91 bits per heavy atom. The summed E-state index contributed by atoms with van der Waals surface area (Å²) in [6.45, 7) is 0.910. The maximum Gasteiger partial charge on any atom is 0.272 e. The summed E-state index contributed by atoms with van der Waals surface area (Å²) >= 11 is 0. The second-order valence-electron chi connectivity index (χ2n) is 5.13. The first-order chi connectivity index (χ1) is 11.2. The number of rotatable bonds is 5. The average molecular weight is 307 g/mol. The first-order valence-corrected chi connectivity index (χ1v) is 7.39. The molecule has 0 N–H and O–H groups in total. The first kappa shape index (κ1) is 15.0. The molecular formula is C18H17N3O2. The van der Waals surface area contributed by atoms with Crippen molar-refractivity contribution in [1.29, 1.82) is 0 Å². The van der Waals surface area contributed by atoms with E-state index in [0.717, 1.165) is 11.1 Å². The van der Waals surface area contributed by atoms with Gasteiger partial charge in [-0.2, -0.15) is 0 Å². The normalized spacial score (nSPS) is 10.5. The fourth-order valence-corrected chi connectivity index (χ4v) is 2.19. The van der Waals surface area contributed by atoms with Gasteiger partial charge in [0, 0.05) is 18.6 Å². The van der Waals surface area contributed by atoms with Gasteiger partial charge in [-0.25, -0.2) is 9.97 Å². The van der Waals surface area contributed by atoms with Crippen LogP contribution in [0.3, 0.4) is 0 Å². The lowest BCUT2D eigenvalue weighted by molar-refractivity contribution is 0.0768. The van der Waals surface area contributed by atoms with E-state index < -0.39 is 0 Å². The third-order valence-electron chi connectivity index (χ3n) is 3.47. The molecule has 0 spiro atoms. The van der Waals surface area contributed by atoms with Crippen LogP contribution in [0.2, 0.25) is 0 Å². The smallest absolute Gasteiger partial charge is 0.272 e.